The summed E-state index contributed by atoms with van der Waals surface area (Å²) in [6.45, 7) is 4.79. The summed E-state index contributed by atoms with van der Waals surface area (Å²) in [5, 5.41) is 11.0. The molecular weight excluding hydrogens is 184 g/mol. The molecule has 1 N–H and O–H groups in total. The molecule has 1 fully saturated rings. The van der Waals surface area contributed by atoms with E-state index in [1.54, 1.807) is 0 Å². The van der Waals surface area contributed by atoms with Gasteiger partial charge in [0.25, 0.3) is 0 Å². The van der Waals surface area contributed by atoms with Crippen LogP contribution in [0.5, 0.6) is 0 Å². The van der Waals surface area contributed by atoms with E-state index in [1.165, 1.54) is 5.04 Å². The number of likely N-dealkylation sites (tertiary alicyclic amines) is 1. The third-order valence-electron chi connectivity index (χ3n) is 3.05. The lowest BCUT2D eigenvalue weighted by Crippen LogP contribution is -2.52. The monoisotopic (exact) mass is 201 g/mol. The predicted octanol–water partition coefficient (Wildman–Crippen LogP) is 1.52. The van der Waals surface area contributed by atoms with Gasteiger partial charge < -0.3 is 0 Å². The van der Waals surface area contributed by atoms with Gasteiger partial charge in [0.1, 0.15) is 13.1 Å². The van der Waals surface area contributed by atoms with Gasteiger partial charge in [-0.3, -0.25) is 4.99 Å². The summed E-state index contributed by atoms with van der Waals surface area (Å²) < 4.78 is 0.534. The van der Waals surface area contributed by atoms with Crippen molar-refractivity contribution in [1.29, 1.82) is 0 Å². The van der Waals surface area contributed by atoms with E-state index in [-0.39, 0.29) is 4.65 Å². The van der Waals surface area contributed by atoms with Crippen molar-refractivity contribution in [1.82, 2.24) is 0 Å². The van der Waals surface area contributed by atoms with Gasteiger partial charge in [-0.1, -0.05) is 0 Å². The largest absolute Gasteiger partial charge is 0.282 e. The average molecular weight is 201 g/mol. The van der Waals surface area contributed by atoms with Crippen molar-refractivity contribution in [3.63, 3.8) is 0 Å². The van der Waals surface area contributed by atoms with Crippen molar-refractivity contribution in [2.75, 3.05) is 26.7 Å². The summed E-state index contributed by atoms with van der Waals surface area (Å²) in [5.41, 5.74) is 0. The fourth-order valence-corrected chi connectivity index (χ4v) is 3.29. The van der Waals surface area contributed by atoms with E-state index in [4.69, 9.17) is 0 Å². The first-order valence-electron chi connectivity index (χ1n) is 4.79. The van der Waals surface area contributed by atoms with Crippen molar-refractivity contribution < 1.29 is 9.85 Å². The molecule has 13 heavy (non-hydrogen) atoms. The number of hydroxylamine groups is 3. The number of piperidine rings is 1. The average Bonchev–Trinajstić information content (AvgIpc) is 2.41. The Labute approximate surface area is 83.4 Å². The van der Waals surface area contributed by atoms with Crippen LogP contribution in [0.2, 0.25) is 0 Å². The third kappa shape index (κ3) is 1.90. The Balaban J connectivity index is 1.99. The lowest BCUT2D eigenvalue weighted by atomic mass is 9.96. The molecule has 0 radical (unpaired) electrons. The molecule has 0 bridgehead atoms. The fourth-order valence-electron chi connectivity index (χ4n) is 2.02. The molecule has 74 valence electrons. The van der Waals surface area contributed by atoms with E-state index in [2.05, 4.69) is 11.9 Å². The minimum Gasteiger partial charge on any atom is -0.282 e. The van der Waals surface area contributed by atoms with Crippen molar-refractivity contribution in [2.45, 2.75) is 24.5 Å². The van der Waals surface area contributed by atoms with E-state index >= 15 is 0 Å². The van der Waals surface area contributed by atoms with Crippen LogP contribution in [0.3, 0.4) is 0 Å². The molecule has 2 heterocycles. The number of thioether (sulfide) groups is 1. The Bertz CT molecular complexity index is 240. The quantitative estimate of drug-likeness (QED) is 0.603. The molecule has 3 nitrogen and oxygen atoms in total. The van der Waals surface area contributed by atoms with E-state index in [0.717, 1.165) is 32.5 Å². The molecule has 0 unspecified atom stereocenters. The number of quaternary nitrogens is 1. The smallest absolute Gasteiger partial charge is 0.110 e. The molecule has 0 aromatic rings. The van der Waals surface area contributed by atoms with Crippen LogP contribution in [-0.2, 0) is 0 Å². The summed E-state index contributed by atoms with van der Waals surface area (Å²) in [4.78, 5) is 4.45. The lowest BCUT2D eigenvalue weighted by molar-refractivity contribution is -1.09. The predicted molar refractivity (Wildman–Crippen MR) is 55.2 cm³/mol. The molecule has 0 amide bonds. The highest BCUT2D eigenvalue weighted by Crippen LogP contribution is 2.41. The number of hydrogen-bond donors (Lipinski definition) is 1. The Morgan fingerprint density at radius 1 is 1.46 bits per heavy atom. The maximum atomic E-state index is 9.77. The third-order valence-corrected chi connectivity index (χ3v) is 4.45. The number of hydrogen-bond acceptors (Lipinski definition) is 3. The van der Waals surface area contributed by atoms with Crippen LogP contribution in [0, 0.1) is 0 Å². The van der Waals surface area contributed by atoms with Gasteiger partial charge in [0.15, 0.2) is 0 Å². The summed E-state index contributed by atoms with van der Waals surface area (Å²) >= 11 is 1.92. The van der Waals surface area contributed by atoms with Gasteiger partial charge in [0.05, 0.1) is 23.4 Å². The van der Waals surface area contributed by atoms with E-state index in [0.29, 0.717) is 4.75 Å². The molecule has 1 saturated heterocycles. The molecule has 0 aromatic heterocycles. The van der Waals surface area contributed by atoms with Crippen molar-refractivity contribution in [3.05, 3.63) is 0 Å². The van der Waals surface area contributed by atoms with Gasteiger partial charge in [-0.25, -0.2) is 5.21 Å². The second-order valence-electron chi connectivity index (χ2n) is 4.41. The molecule has 0 atom stereocenters. The van der Waals surface area contributed by atoms with Crippen LogP contribution in [0.25, 0.3) is 0 Å². The van der Waals surface area contributed by atoms with Crippen LogP contribution < -0.4 is 0 Å². The van der Waals surface area contributed by atoms with Gasteiger partial charge >= 0.3 is 0 Å². The first-order valence-corrected chi connectivity index (χ1v) is 5.60. The second-order valence-corrected chi connectivity index (χ2v) is 6.07. The van der Waals surface area contributed by atoms with Crippen molar-refractivity contribution in [3.8, 4) is 0 Å². The molecule has 0 aliphatic carbocycles. The first-order chi connectivity index (χ1) is 6.02. The maximum absolute atomic E-state index is 9.77. The highest BCUT2D eigenvalue weighted by atomic mass is 32.2. The summed E-state index contributed by atoms with van der Waals surface area (Å²) in [7, 11) is 1.89. The van der Waals surface area contributed by atoms with Crippen LogP contribution in [-0.4, -0.2) is 46.3 Å². The minimum absolute atomic E-state index is 0.196. The van der Waals surface area contributed by atoms with E-state index < -0.39 is 0 Å². The van der Waals surface area contributed by atoms with Gasteiger partial charge in [-0.2, -0.15) is 4.65 Å². The molecule has 0 aromatic carbocycles. The maximum Gasteiger partial charge on any atom is 0.110 e. The normalized spacial score (nSPS) is 45.3. The van der Waals surface area contributed by atoms with Crippen LogP contribution >= 0.6 is 11.8 Å². The summed E-state index contributed by atoms with van der Waals surface area (Å²) in [6, 6.07) is 0. The molecule has 1 spiro atoms. The number of rotatable bonds is 0. The van der Waals surface area contributed by atoms with E-state index in [1.807, 2.05) is 18.8 Å². The Hall–Kier alpha value is -0.0600. The van der Waals surface area contributed by atoms with Crippen molar-refractivity contribution >= 4 is 16.8 Å². The topological polar surface area (TPSA) is 32.6 Å². The van der Waals surface area contributed by atoms with Gasteiger partial charge in [0, 0.05) is 12.8 Å². The summed E-state index contributed by atoms with van der Waals surface area (Å²) in [6.07, 6.45) is 2.18. The Morgan fingerprint density at radius 2 is 2.08 bits per heavy atom. The Morgan fingerprint density at radius 3 is 2.54 bits per heavy atom. The van der Waals surface area contributed by atoms with Crippen molar-refractivity contribution in [2.24, 2.45) is 4.99 Å². The number of aliphatic imine (C=N–C) groups is 1. The van der Waals surface area contributed by atoms with Gasteiger partial charge in [-0.15, -0.1) is 11.8 Å². The number of nitrogens with zero attached hydrogens (tertiary/aromatic N) is 2. The zero-order valence-electron chi connectivity index (χ0n) is 8.29. The zero-order chi connectivity index (χ0) is 9.53. The molecule has 2 rings (SSSR count). The van der Waals surface area contributed by atoms with Gasteiger partial charge in [0.2, 0.25) is 0 Å². The SMILES string of the molecule is CC1=NCC2(CC[N+](C)(O)CC2)S1. The molecule has 2 aliphatic rings. The molecular formula is C9H17N2OS+. The Kier molecular flexibility index (Phi) is 2.17. The second kappa shape index (κ2) is 2.97. The molecule has 4 heteroatoms. The standard InChI is InChI=1S/C9H17N2OS/c1-8-10-7-9(13-8)3-5-11(2,12)6-4-9/h12H,3-7H2,1-2H3/q+1. The highest BCUT2D eigenvalue weighted by molar-refractivity contribution is 8.15. The first kappa shape index (κ1) is 9.49. The van der Waals surface area contributed by atoms with Crippen LogP contribution in [0.1, 0.15) is 19.8 Å². The zero-order valence-corrected chi connectivity index (χ0v) is 9.10. The van der Waals surface area contributed by atoms with Gasteiger partial charge in [-0.05, 0) is 6.92 Å². The van der Waals surface area contributed by atoms with E-state index in [9.17, 15) is 5.21 Å². The molecule has 0 saturated carbocycles. The van der Waals surface area contributed by atoms with Crippen LogP contribution in [0.15, 0.2) is 4.99 Å². The molecule has 2 aliphatic heterocycles. The highest BCUT2D eigenvalue weighted by Gasteiger charge is 2.43. The van der Waals surface area contributed by atoms with Crippen LogP contribution in [0.4, 0.5) is 0 Å². The minimum atomic E-state index is 0.196. The fraction of sp³-hybridized carbons (Fsp3) is 0.889. The lowest BCUT2D eigenvalue weighted by Gasteiger charge is -2.38. The summed E-state index contributed by atoms with van der Waals surface area (Å²) in [5.74, 6) is 0.